The highest BCUT2D eigenvalue weighted by atomic mass is 79.9. The molecule has 0 saturated carbocycles. The van der Waals surface area contributed by atoms with Crippen LogP contribution in [0.1, 0.15) is 38.3 Å². The second-order valence-corrected chi connectivity index (χ2v) is 6.23. The van der Waals surface area contributed by atoms with Crippen LogP contribution >= 0.6 is 15.9 Å². The number of hydrogen-bond acceptors (Lipinski definition) is 2. The maximum Gasteiger partial charge on any atom is 0.228 e. The Morgan fingerprint density at radius 1 is 1.58 bits per heavy atom. The molecule has 19 heavy (non-hydrogen) atoms. The van der Waals surface area contributed by atoms with Crippen molar-refractivity contribution in [2.24, 2.45) is 5.41 Å². The second kappa shape index (κ2) is 6.06. The molecular formula is C15H21BrN2O. The third-order valence-electron chi connectivity index (χ3n) is 4.10. The Labute approximate surface area is 123 Å². The van der Waals surface area contributed by atoms with Crippen molar-refractivity contribution >= 4 is 21.8 Å². The molecule has 1 aromatic carbocycles. The predicted molar refractivity (Wildman–Crippen MR) is 80.9 cm³/mol. The van der Waals surface area contributed by atoms with E-state index in [2.05, 4.69) is 39.6 Å². The first-order chi connectivity index (χ1) is 9.07. The quantitative estimate of drug-likeness (QED) is 0.893. The van der Waals surface area contributed by atoms with E-state index >= 15 is 0 Å². The Bertz CT molecular complexity index is 455. The zero-order valence-electron chi connectivity index (χ0n) is 11.5. The molecule has 104 valence electrons. The van der Waals surface area contributed by atoms with Gasteiger partial charge >= 0.3 is 0 Å². The monoisotopic (exact) mass is 324 g/mol. The van der Waals surface area contributed by atoms with Gasteiger partial charge in [0.15, 0.2) is 0 Å². The van der Waals surface area contributed by atoms with Crippen LogP contribution in [0.4, 0.5) is 0 Å². The zero-order valence-corrected chi connectivity index (χ0v) is 13.1. The van der Waals surface area contributed by atoms with Gasteiger partial charge in [-0.15, -0.1) is 0 Å². The van der Waals surface area contributed by atoms with Crippen LogP contribution in [0.5, 0.6) is 0 Å². The number of amides is 1. The van der Waals surface area contributed by atoms with E-state index in [1.165, 1.54) is 0 Å². The topological polar surface area (TPSA) is 41.1 Å². The number of rotatable bonds is 4. The van der Waals surface area contributed by atoms with Gasteiger partial charge in [0.25, 0.3) is 0 Å². The Morgan fingerprint density at radius 3 is 2.95 bits per heavy atom. The molecule has 0 radical (unpaired) electrons. The fourth-order valence-corrected chi connectivity index (χ4v) is 3.03. The summed E-state index contributed by atoms with van der Waals surface area (Å²) in [5, 5.41) is 6.46. The second-order valence-electron chi connectivity index (χ2n) is 5.31. The standard InChI is InChI=1S/C15H21BrN2O/c1-3-15(7-8-17-10-15)14(19)18-11(2)12-5-4-6-13(16)9-12/h4-6,9,11,17H,3,7-8,10H2,1-2H3,(H,18,19). The van der Waals surface area contributed by atoms with Gasteiger partial charge in [-0.2, -0.15) is 0 Å². The summed E-state index contributed by atoms with van der Waals surface area (Å²) >= 11 is 3.46. The number of nitrogens with one attached hydrogen (secondary N) is 2. The Morgan fingerprint density at radius 2 is 2.37 bits per heavy atom. The van der Waals surface area contributed by atoms with Crippen molar-refractivity contribution in [3.8, 4) is 0 Å². The van der Waals surface area contributed by atoms with Crippen LogP contribution < -0.4 is 10.6 Å². The molecule has 4 heteroatoms. The fraction of sp³-hybridized carbons (Fsp3) is 0.533. The summed E-state index contributed by atoms with van der Waals surface area (Å²) in [4.78, 5) is 12.5. The van der Waals surface area contributed by atoms with Gasteiger partial charge in [0.2, 0.25) is 5.91 Å². The van der Waals surface area contributed by atoms with Gasteiger partial charge in [-0.3, -0.25) is 4.79 Å². The molecule has 2 rings (SSSR count). The Hall–Kier alpha value is -0.870. The van der Waals surface area contributed by atoms with E-state index in [0.29, 0.717) is 0 Å². The van der Waals surface area contributed by atoms with Crippen molar-refractivity contribution in [2.45, 2.75) is 32.7 Å². The molecule has 1 aliphatic heterocycles. The zero-order chi connectivity index (χ0) is 13.9. The molecule has 0 bridgehead atoms. The summed E-state index contributed by atoms with van der Waals surface area (Å²) < 4.78 is 1.04. The molecular weight excluding hydrogens is 304 g/mol. The molecule has 1 amide bonds. The molecule has 1 fully saturated rings. The summed E-state index contributed by atoms with van der Waals surface area (Å²) in [6.45, 7) is 5.86. The van der Waals surface area contributed by atoms with Crippen LogP contribution in [0.25, 0.3) is 0 Å². The van der Waals surface area contributed by atoms with Crippen molar-refractivity contribution in [3.05, 3.63) is 34.3 Å². The molecule has 0 aliphatic carbocycles. The molecule has 3 nitrogen and oxygen atoms in total. The third kappa shape index (κ3) is 3.18. The SMILES string of the molecule is CCC1(C(=O)NC(C)c2cccc(Br)c2)CCNC1. The lowest BCUT2D eigenvalue weighted by molar-refractivity contribution is -0.131. The summed E-state index contributed by atoms with van der Waals surface area (Å²) in [5.74, 6) is 0.174. The highest BCUT2D eigenvalue weighted by molar-refractivity contribution is 9.10. The van der Waals surface area contributed by atoms with E-state index in [1.54, 1.807) is 0 Å². The first kappa shape index (κ1) is 14.5. The van der Waals surface area contributed by atoms with Crippen LogP contribution in [-0.4, -0.2) is 19.0 Å². The molecule has 0 aromatic heterocycles. The van der Waals surface area contributed by atoms with Crippen molar-refractivity contribution in [3.63, 3.8) is 0 Å². The van der Waals surface area contributed by atoms with Crippen molar-refractivity contribution < 1.29 is 4.79 Å². The van der Waals surface area contributed by atoms with Crippen LogP contribution in [0.2, 0.25) is 0 Å². The molecule has 2 N–H and O–H groups in total. The van der Waals surface area contributed by atoms with Crippen LogP contribution in [0, 0.1) is 5.41 Å². The summed E-state index contributed by atoms with van der Waals surface area (Å²) in [6, 6.07) is 8.12. The van der Waals surface area contributed by atoms with Crippen LogP contribution in [0.15, 0.2) is 28.7 Å². The van der Waals surface area contributed by atoms with Crippen molar-refractivity contribution in [1.29, 1.82) is 0 Å². The fourth-order valence-electron chi connectivity index (χ4n) is 2.61. The number of benzene rings is 1. The van der Waals surface area contributed by atoms with Gasteiger partial charge in [-0.25, -0.2) is 0 Å². The van der Waals surface area contributed by atoms with Gasteiger partial charge in [0.05, 0.1) is 11.5 Å². The largest absolute Gasteiger partial charge is 0.349 e. The molecule has 1 heterocycles. The molecule has 0 spiro atoms. The first-order valence-corrected chi connectivity index (χ1v) is 7.64. The summed E-state index contributed by atoms with van der Waals surface area (Å²) in [5.41, 5.74) is 0.903. The number of halogens is 1. The van der Waals surface area contributed by atoms with Crippen LogP contribution in [0.3, 0.4) is 0 Å². The summed E-state index contributed by atoms with van der Waals surface area (Å²) in [6.07, 6.45) is 1.82. The minimum absolute atomic E-state index is 0.0361. The minimum Gasteiger partial charge on any atom is -0.349 e. The Kier molecular flexibility index (Phi) is 4.63. The van der Waals surface area contributed by atoms with E-state index in [9.17, 15) is 4.79 Å². The lowest BCUT2D eigenvalue weighted by Crippen LogP contribution is -2.43. The van der Waals surface area contributed by atoms with E-state index in [4.69, 9.17) is 0 Å². The van der Waals surface area contributed by atoms with Crippen molar-refractivity contribution in [1.82, 2.24) is 10.6 Å². The number of carbonyl (C=O) groups excluding carboxylic acids is 1. The van der Waals surface area contributed by atoms with E-state index in [0.717, 1.165) is 36.0 Å². The highest BCUT2D eigenvalue weighted by Crippen LogP contribution is 2.30. The minimum atomic E-state index is -0.222. The average Bonchev–Trinajstić information content (AvgIpc) is 2.88. The lowest BCUT2D eigenvalue weighted by atomic mass is 9.83. The Balaban J connectivity index is 2.06. The molecule has 1 aliphatic rings. The predicted octanol–water partition coefficient (Wildman–Crippen LogP) is 3.02. The van der Waals surface area contributed by atoms with Crippen molar-refractivity contribution in [2.75, 3.05) is 13.1 Å². The van der Waals surface area contributed by atoms with Gasteiger partial charge in [0, 0.05) is 11.0 Å². The normalized spacial score (nSPS) is 24.2. The van der Waals surface area contributed by atoms with Crippen LogP contribution in [-0.2, 0) is 4.79 Å². The molecule has 1 saturated heterocycles. The number of hydrogen-bond donors (Lipinski definition) is 2. The molecule has 2 unspecified atom stereocenters. The van der Waals surface area contributed by atoms with Gasteiger partial charge < -0.3 is 10.6 Å². The maximum atomic E-state index is 12.5. The van der Waals surface area contributed by atoms with E-state index in [-0.39, 0.29) is 17.4 Å². The van der Waals surface area contributed by atoms with Gasteiger partial charge in [0.1, 0.15) is 0 Å². The maximum absolute atomic E-state index is 12.5. The lowest BCUT2D eigenvalue weighted by Gasteiger charge is -2.27. The molecule has 1 aromatic rings. The first-order valence-electron chi connectivity index (χ1n) is 6.84. The van der Waals surface area contributed by atoms with Gasteiger partial charge in [-0.05, 0) is 44.0 Å². The van der Waals surface area contributed by atoms with Gasteiger partial charge in [-0.1, -0.05) is 35.0 Å². The molecule has 2 atom stereocenters. The highest BCUT2D eigenvalue weighted by Gasteiger charge is 2.39. The number of carbonyl (C=O) groups is 1. The van der Waals surface area contributed by atoms with E-state index in [1.807, 2.05) is 25.1 Å². The average molecular weight is 325 g/mol. The third-order valence-corrected chi connectivity index (χ3v) is 4.59. The summed E-state index contributed by atoms with van der Waals surface area (Å²) in [7, 11) is 0. The smallest absolute Gasteiger partial charge is 0.228 e. The van der Waals surface area contributed by atoms with E-state index < -0.39 is 0 Å².